The van der Waals surface area contributed by atoms with E-state index in [9.17, 15) is 5.26 Å². The highest BCUT2D eigenvalue weighted by Crippen LogP contribution is 2.30. The highest BCUT2D eigenvalue weighted by Gasteiger charge is 2.14. The fourth-order valence-corrected chi connectivity index (χ4v) is 4.19. The average molecular weight is 367 g/mol. The number of anilines is 1. The van der Waals surface area contributed by atoms with E-state index in [1.165, 1.54) is 34.2 Å². The molecule has 0 aliphatic carbocycles. The molecule has 1 aromatic heterocycles. The molecule has 1 atom stereocenters. The minimum Gasteiger partial charge on any atom is -0.356 e. The van der Waals surface area contributed by atoms with Crippen molar-refractivity contribution in [3.8, 4) is 6.07 Å². The molecule has 0 amide bonds. The second kappa shape index (κ2) is 8.65. The van der Waals surface area contributed by atoms with Crippen LogP contribution in [0.4, 0.5) is 5.13 Å². The van der Waals surface area contributed by atoms with Crippen molar-refractivity contribution in [2.45, 2.75) is 29.5 Å². The monoisotopic (exact) mass is 366 g/mol. The van der Waals surface area contributed by atoms with E-state index >= 15 is 0 Å². The average Bonchev–Trinajstić information content (AvgIpc) is 3.09. The Morgan fingerprint density at radius 3 is 2.56 bits per heavy atom. The summed E-state index contributed by atoms with van der Waals surface area (Å²) in [6.07, 6.45) is 0.702. The standard InChI is InChI=1S/C19H18N4S2/c1-14-7-9-15(10-8-14)11-17(12-20)24-19-23-22-18(25-19)21-13-16-5-3-2-4-6-16/h2-10,17H,11,13H2,1H3,(H,21,22)/t17-/m0/s1. The molecule has 0 aliphatic rings. The van der Waals surface area contributed by atoms with Gasteiger partial charge in [0.2, 0.25) is 5.13 Å². The summed E-state index contributed by atoms with van der Waals surface area (Å²) >= 11 is 2.96. The molecule has 25 heavy (non-hydrogen) atoms. The molecule has 0 fully saturated rings. The van der Waals surface area contributed by atoms with E-state index in [4.69, 9.17) is 0 Å². The number of nitrogens with one attached hydrogen (secondary N) is 1. The zero-order chi connectivity index (χ0) is 17.5. The fraction of sp³-hybridized carbons (Fsp3) is 0.211. The predicted molar refractivity (Wildman–Crippen MR) is 104 cm³/mol. The number of hydrogen-bond acceptors (Lipinski definition) is 6. The molecule has 2 aromatic carbocycles. The zero-order valence-electron chi connectivity index (χ0n) is 13.8. The van der Waals surface area contributed by atoms with Crippen LogP contribution in [0.3, 0.4) is 0 Å². The first-order valence-electron chi connectivity index (χ1n) is 7.96. The van der Waals surface area contributed by atoms with Gasteiger partial charge in [0.25, 0.3) is 0 Å². The molecule has 1 N–H and O–H groups in total. The molecule has 0 unspecified atom stereocenters. The van der Waals surface area contributed by atoms with Crippen LogP contribution in [0.1, 0.15) is 16.7 Å². The van der Waals surface area contributed by atoms with Crippen LogP contribution < -0.4 is 5.32 Å². The number of nitrogens with zero attached hydrogens (tertiary/aromatic N) is 3. The first-order chi connectivity index (χ1) is 12.2. The number of nitriles is 1. The van der Waals surface area contributed by atoms with Gasteiger partial charge in [-0.15, -0.1) is 10.2 Å². The molecule has 3 aromatic rings. The molecule has 0 spiro atoms. The van der Waals surface area contributed by atoms with Gasteiger partial charge >= 0.3 is 0 Å². The number of benzene rings is 2. The number of rotatable bonds is 7. The highest BCUT2D eigenvalue weighted by molar-refractivity contribution is 8.01. The van der Waals surface area contributed by atoms with Crippen LogP contribution in [0, 0.1) is 18.3 Å². The molecule has 6 heteroatoms. The van der Waals surface area contributed by atoms with Crippen LogP contribution in [-0.2, 0) is 13.0 Å². The van der Waals surface area contributed by atoms with Crippen molar-refractivity contribution >= 4 is 28.2 Å². The lowest BCUT2D eigenvalue weighted by molar-refractivity contribution is 0.980. The third kappa shape index (κ3) is 5.31. The summed E-state index contributed by atoms with van der Waals surface area (Å²) in [7, 11) is 0. The maximum absolute atomic E-state index is 9.43. The number of aryl methyl sites for hydroxylation is 1. The highest BCUT2D eigenvalue weighted by atomic mass is 32.2. The summed E-state index contributed by atoms with van der Waals surface area (Å²) in [6.45, 7) is 2.77. The Balaban J connectivity index is 1.56. The van der Waals surface area contributed by atoms with Gasteiger partial charge in [0.05, 0.1) is 6.07 Å². The van der Waals surface area contributed by atoms with E-state index < -0.39 is 0 Å². The molecule has 0 bridgehead atoms. The predicted octanol–water partition coefficient (Wildman–Crippen LogP) is 4.69. The Labute approximate surface area is 155 Å². The molecule has 0 saturated carbocycles. The largest absolute Gasteiger partial charge is 0.356 e. The van der Waals surface area contributed by atoms with Gasteiger partial charge < -0.3 is 5.32 Å². The molecule has 0 aliphatic heterocycles. The van der Waals surface area contributed by atoms with Crippen molar-refractivity contribution in [1.29, 1.82) is 5.26 Å². The quantitative estimate of drug-likeness (QED) is 0.615. The van der Waals surface area contributed by atoms with Crippen LogP contribution in [-0.4, -0.2) is 15.4 Å². The van der Waals surface area contributed by atoms with Crippen molar-refractivity contribution in [1.82, 2.24) is 10.2 Å². The molecular formula is C19H18N4S2. The molecule has 0 saturated heterocycles. The first kappa shape index (κ1) is 17.5. The molecular weight excluding hydrogens is 348 g/mol. The van der Waals surface area contributed by atoms with Crippen molar-refractivity contribution < 1.29 is 0 Å². The minimum atomic E-state index is -0.169. The van der Waals surface area contributed by atoms with E-state index in [1.807, 2.05) is 18.2 Å². The van der Waals surface area contributed by atoms with Crippen LogP contribution in [0.2, 0.25) is 0 Å². The smallest absolute Gasteiger partial charge is 0.206 e. The van der Waals surface area contributed by atoms with Crippen LogP contribution in [0.15, 0.2) is 58.9 Å². The summed E-state index contributed by atoms with van der Waals surface area (Å²) in [4.78, 5) is 0. The Bertz CT molecular complexity index is 838. The maximum Gasteiger partial charge on any atom is 0.206 e. The van der Waals surface area contributed by atoms with Gasteiger partial charge in [-0.1, -0.05) is 83.3 Å². The van der Waals surface area contributed by atoms with Crippen molar-refractivity contribution in [2.24, 2.45) is 0 Å². The first-order valence-corrected chi connectivity index (χ1v) is 9.65. The normalized spacial score (nSPS) is 11.7. The van der Waals surface area contributed by atoms with Crippen molar-refractivity contribution in [2.75, 3.05) is 5.32 Å². The summed E-state index contributed by atoms with van der Waals surface area (Å²) in [5.74, 6) is 0. The Kier molecular flexibility index (Phi) is 6.04. The molecule has 3 rings (SSSR count). The maximum atomic E-state index is 9.43. The van der Waals surface area contributed by atoms with Gasteiger partial charge in [-0.3, -0.25) is 0 Å². The van der Waals surface area contributed by atoms with Gasteiger partial charge in [0, 0.05) is 6.54 Å². The van der Waals surface area contributed by atoms with Crippen LogP contribution >= 0.6 is 23.1 Å². The van der Waals surface area contributed by atoms with E-state index in [2.05, 4.69) is 64.9 Å². The summed E-state index contributed by atoms with van der Waals surface area (Å²) in [5.41, 5.74) is 3.58. The Morgan fingerprint density at radius 2 is 1.84 bits per heavy atom. The third-order valence-corrected chi connectivity index (χ3v) is 5.68. The third-order valence-electron chi connectivity index (χ3n) is 3.62. The lowest BCUT2D eigenvalue weighted by Crippen LogP contribution is -2.03. The van der Waals surface area contributed by atoms with E-state index in [1.54, 1.807) is 0 Å². The molecule has 126 valence electrons. The fourth-order valence-electron chi connectivity index (χ4n) is 2.28. The topological polar surface area (TPSA) is 61.6 Å². The Morgan fingerprint density at radius 1 is 1.08 bits per heavy atom. The van der Waals surface area contributed by atoms with Crippen LogP contribution in [0.25, 0.3) is 0 Å². The van der Waals surface area contributed by atoms with E-state index in [0.717, 1.165) is 15.0 Å². The van der Waals surface area contributed by atoms with Gasteiger partial charge in [-0.05, 0) is 24.5 Å². The van der Waals surface area contributed by atoms with Gasteiger partial charge in [-0.25, -0.2) is 0 Å². The number of thioether (sulfide) groups is 1. The SMILES string of the molecule is Cc1ccc(C[C@@H](C#N)Sc2nnc(NCc3ccccc3)s2)cc1. The zero-order valence-corrected chi connectivity index (χ0v) is 15.5. The number of aromatic nitrogens is 2. The lowest BCUT2D eigenvalue weighted by atomic mass is 10.1. The van der Waals surface area contributed by atoms with Crippen LogP contribution in [0.5, 0.6) is 0 Å². The van der Waals surface area contributed by atoms with Gasteiger partial charge in [0.1, 0.15) is 5.25 Å². The lowest BCUT2D eigenvalue weighted by Gasteiger charge is -2.06. The summed E-state index contributed by atoms with van der Waals surface area (Å²) < 4.78 is 0.814. The second-order valence-electron chi connectivity index (χ2n) is 5.64. The summed E-state index contributed by atoms with van der Waals surface area (Å²) in [5, 5.41) is 21.7. The van der Waals surface area contributed by atoms with E-state index in [0.29, 0.717) is 13.0 Å². The molecule has 0 radical (unpaired) electrons. The molecule has 1 heterocycles. The van der Waals surface area contributed by atoms with Gasteiger partial charge in [-0.2, -0.15) is 5.26 Å². The van der Waals surface area contributed by atoms with Gasteiger partial charge in [0.15, 0.2) is 4.34 Å². The second-order valence-corrected chi connectivity index (χ2v) is 8.06. The van der Waals surface area contributed by atoms with Crippen molar-refractivity contribution in [3.05, 3.63) is 71.3 Å². The molecule has 4 nitrogen and oxygen atoms in total. The van der Waals surface area contributed by atoms with Crippen molar-refractivity contribution in [3.63, 3.8) is 0 Å². The Hall–Kier alpha value is -2.36. The number of hydrogen-bond donors (Lipinski definition) is 1. The van der Waals surface area contributed by atoms with E-state index in [-0.39, 0.29) is 5.25 Å². The minimum absolute atomic E-state index is 0.169. The summed E-state index contributed by atoms with van der Waals surface area (Å²) in [6, 6.07) is 20.8.